The summed E-state index contributed by atoms with van der Waals surface area (Å²) in [6, 6.07) is 6.15. The molecule has 1 amide bonds. The molecule has 0 aromatic heterocycles. The van der Waals surface area contributed by atoms with E-state index in [0.717, 1.165) is 0 Å². The number of hydrogen-bond donors (Lipinski definition) is 1. The van der Waals surface area contributed by atoms with Crippen LogP contribution in [0.2, 0.25) is 0 Å². The van der Waals surface area contributed by atoms with Gasteiger partial charge in [-0.15, -0.1) is 0 Å². The number of alkyl halides is 4. The van der Waals surface area contributed by atoms with Crippen molar-refractivity contribution in [2.24, 2.45) is 5.10 Å². The highest BCUT2D eigenvalue weighted by atomic mass is 19.3. The van der Waals surface area contributed by atoms with Gasteiger partial charge < -0.3 is 9.84 Å². The molecular formula is C14H14F4N2O3. The van der Waals surface area contributed by atoms with Crippen LogP contribution in [0.15, 0.2) is 29.4 Å². The van der Waals surface area contributed by atoms with Gasteiger partial charge in [-0.2, -0.15) is 10.1 Å². The SMILES string of the molecule is COc1ccc(CC(=O)N2N=C(C(F)F)C[C@@]2(O)C(F)F)cc1. The average molecular weight is 334 g/mol. The summed E-state index contributed by atoms with van der Waals surface area (Å²) in [5.74, 6) is -0.474. The van der Waals surface area contributed by atoms with Crippen LogP contribution in [-0.4, -0.2) is 47.4 Å². The molecule has 5 nitrogen and oxygen atoms in total. The summed E-state index contributed by atoms with van der Waals surface area (Å²) >= 11 is 0. The van der Waals surface area contributed by atoms with Gasteiger partial charge >= 0.3 is 0 Å². The maximum Gasteiger partial charge on any atom is 0.287 e. The lowest BCUT2D eigenvalue weighted by Crippen LogP contribution is -2.52. The first kappa shape index (κ1) is 17.2. The van der Waals surface area contributed by atoms with Crippen molar-refractivity contribution in [2.75, 3.05) is 7.11 Å². The predicted molar refractivity (Wildman–Crippen MR) is 72.6 cm³/mol. The minimum atomic E-state index is -3.43. The van der Waals surface area contributed by atoms with E-state index in [1.807, 2.05) is 0 Å². The highest BCUT2D eigenvalue weighted by molar-refractivity contribution is 5.93. The highest BCUT2D eigenvalue weighted by Gasteiger charge is 2.53. The van der Waals surface area contributed by atoms with Gasteiger partial charge in [0.1, 0.15) is 11.5 Å². The Labute approximate surface area is 129 Å². The summed E-state index contributed by atoms with van der Waals surface area (Å²) in [5.41, 5.74) is -3.56. The summed E-state index contributed by atoms with van der Waals surface area (Å²) in [6.45, 7) is 0. The molecule has 0 bridgehead atoms. The quantitative estimate of drug-likeness (QED) is 0.839. The van der Waals surface area contributed by atoms with Gasteiger partial charge in [-0.25, -0.2) is 17.6 Å². The molecule has 1 aliphatic heterocycles. The zero-order valence-corrected chi connectivity index (χ0v) is 12.0. The van der Waals surface area contributed by atoms with Gasteiger partial charge in [-0.3, -0.25) is 4.79 Å². The van der Waals surface area contributed by atoms with E-state index in [4.69, 9.17) is 4.74 Å². The molecule has 9 heteroatoms. The lowest BCUT2D eigenvalue weighted by Gasteiger charge is -2.30. The fourth-order valence-electron chi connectivity index (χ4n) is 2.15. The van der Waals surface area contributed by atoms with E-state index < -0.39 is 36.6 Å². The number of hydrazone groups is 1. The fourth-order valence-corrected chi connectivity index (χ4v) is 2.15. The zero-order chi connectivity index (χ0) is 17.2. The van der Waals surface area contributed by atoms with Crippen molar-refractivity contribution in [3.8, 4) is 5.75 Å². The lowest BCUT2D eigenvalue weighted by molar-refractivity contribution is -0.191. The van der Waals surface area contributed by atoms with Crippen LogP contribution < -0.4 is 4.74 Å². The van der Waals surface area contributed by atoms with Gasteiger partial charge in [0.2, 0.25) is 11.6 Å². The summed E-state index contributed by atoms with van der Waals surface area (Å²) in [6.07, 6.45) is -8.02. The molecule has 0 radical (unpaired) electrons. The van der Waals surface area contributed by atoms with Crippen molar-refractivity contribution < 1.29 is 32.2 Å². The van der Waals surface area contributed by atoms with E-state index in [9.17, 15) is 27.5 Å². The fraction of sp³-hybridized carbons (Fsp3) is 0.429. The molecule has 2 rings (SSSR count). The molecule has 1 aromatic carbocycles. The standard InChI is InChI=1S/C14H14F4N2O3/c1-23-9-4-2-8(3-5-9)6-11(21)20-14(22,13(17)18)7-10(19-20)12(15)16/h2-5,12-13,22H,6-7H2,1H3/t14-/m1/s1. The predicted octanol–water partition coefficient (Wildman–Crippen LogP) is 2.04. The van der Waals surface area contributed by atoms with Crippen molar-refractivity contribution in [1.82, 2.24) is 5.01 Å². The number of benzene rings is 1. The molecule has 0 aliphatic carbocycles. The summed E-state index contributed by atoms with van der Waals surface area (Å²) < 4.78 is 56.3. The number of halogens is 4. The molecule has 1 heterocycles. The largest absolute Gasteiger partial charge is 0.497 e. The third kappa shape index (κ3) is 3.44. The Morgan fingerprint density at radius 3 is 2.43 bits per heavy atom. The first-order valence-electron chi connectivity index (χ1n) is 6.60. The Bertz CT molecular complexity index is 607. The van der Waals surface area contributed by atoms with E-state index in [1.165, 1.54) is 19.2 Å². The first-order chi connectivity index (χ1) is 10.8. The third-order valence-corrected chi connectivity index (χ3v) is 3.39. The van der Waals surface area contributed by atoms with E-state index in [2.05, 4.69) is 5.10 Å². The molecule has 0 spiro atoms. The van der Waals surface area contributed by atoms with Gasteiger partial charge in [-0.1, -0.05) is 12.1 Å². The van der Waals surface area contributed by atoms with Crippen LogP contribution in [0.1, 0.15) is 12.0 Å². The van der Waals surface area contributed by atoms with Crippen molar-refractivity contribution in [2.45, 2.75) is 31.4 Å². The van der Waals surface area contributed by atoms with Crippen molar-refractivity contribution in [1.29, 1.82) is 0 Å². The Hall–Kier alpha value is -2.16. The van der Waals surface area contributed by atoms with Crippen molar-refractivity contribution in [3.05, 3.63) is 29.8 Å². The second kappa shape index (κ2) is 6.53. The number of aliphatic hydroxyl groups is 1. The monoisotopic (exact) mass is 334 g/mol. The maximum absolute atomic E-state index is 13.0. The van der Waals surface area contributed by atoms with Crippen LogP contribution in [0.5, 0.6) is 5.75 Å². The molecule has 126 valence electrons. The topological polar surface area (TPSA) is 62.1 Å². The molecule has 1 aliphatic rings. The minimum Gasteiger partial charge on any atom is -0.497 e. The van der Waals surface area contributed by atoms with Crippen molar-refractivity contribution >= 4 is 11.6 Å². The number of carbonyl (C=O) groups excluding carboxylic acids is 1. The van der Waals surface area contributed by atoms with Crippen LogP contribution in [-0.2, 0) is 11.2 Å². The van der Waals surface area contributed by atoms with E-state index in [-0.39, 0.29) is 11.4 Å². The van der Waals surface area contributed by atoms with Crippen LogP contribution in [0.3, 0.4) is 0 Å². The average Bonchev–Trinajstić information content (AvgIpc) is 2.88. The molecule has 0 unspecified atom stereocenters. The zero-order valence-electron chi connectivity index (χ0n) is 12.0. The van der Waals surface area contributed by atoms with Gasteiger partial charge in [-0.05, 0) is 17.7 Å². The maximum atomic E-state index is 13.0. The second-order valence-corrected chi connectivity index (χ2v) is 4.98. The van der Waals surface area contributed by atoms with Crippen LogP contribution in [0, 0.1) is 0 Å². The normalized spacial score (nSPS) is 21.0. The summed E-state index contributed by atoms with van der Waals surface area (Å²) in [5, 5.41) is 13.1. The number of nitrogens with zero attached hydrogens (tertiary/aromatic N) is 2. The van der Waals surface area contributed by atoms with Gasteiger partial charge in [0.25, 0.3) is 12.9 Å². The molecular weight excluding hydrogens is 320 g/mol. The number of hydrogen-bond acceptors (Lipinski definition) is 4. The second-order valence-electron chi connectivity index (χ2n) is 4.98. The lowest BCUT2D eigenvalue weighted by atomic mass is 10.1. The van der Waals surface area contributed by atoms with Crippen molar-refractivity contribution in [3.63, 3.8) is 0 Å². The Balaban J connectivity index is 2.20. The van der Waals surface area contributed by atoms with E-state index >= 15 is 0 Å². The summed E-state index contributed by atoms with van der Waals surface area (Å²) in [4.78, 5) is 12.1. The van der Waals surface area contributed by atoms with Gasteiger partial charge in [0.15, 0.2) is 0 Å². The van der Waals surface area contributed by atoms with Crippen LogP contribution in [0.4, 0.5) is 17.6 Å². The third-order valence-electron chi connectivity index (χ3n) is 3.39. The molecule has 1 aromatic rings. The van der Waals surface area contributed by atoms with Gasteiger partial charge in [0.05, 0.1) is 13.5 Å². The number of rotatable bonds is 5. The Morgan fingerprint density at radius 1 is 1.35 bits per heavy atom. The number of ether oxygens (including phenoxy) is 1. The molecule has 0 fully saturated rings. The first-order valence-corrected chi connectivity index (χ1v) is 6.60. The molecule has 0 saturated heterocycles. The van der Waals surface area contributed by atoms with Crippen LogP contribution in [0.25, 0.3) is 0 Å². The minimum absolute atomic E-state index is 0.0589. The van der Waals surface area contributed by atoms with Gasteiger partial charge in [0, 0.05) is 6.42 Å². The van der Waals surface area contributed by atoms with E-state index in [0.29, 0.717) is 11.3 Å². The van der Waals surface area contributed by atoms with Crippen LogP contribution >= 0.6 is 0 Å². The molecule has 23 heavy (non-hydrogen) atoms. The number of carbonyl (C=O) groups is 1. The summed E-state index contributed by atoms with van der Waals surface area (Å²) in [7, 11) is 1.45. The number of methoxy groups -OCH3 is 1. The molecule has 0 saturated carbocycles. The highest BCUT2D eigenvalue weighted by Crippen LogP contribution is 2.33. The Kier molecular flexibility index (Phi) is 4.88. The number of amides is 1. The Morgan fingerprint density at radius 2 is 1.96 bits per heavy atom. The molecule has 1 atom stereocenters. The van der Waals surface area contributed by atoms with E-state index in [1.54, 1.807) is 12.1 Å². The molecule has 1 N–H and O–H groups in total. The smallest absolute Gasteiger partial charge is 0.287 e.